The van der Waals surface area contributed by atoms with E-state index in [0.717, 1.165) is 24.8 Å². The van der Waals surface area contributed by atoms with E-state index in [1.54, 1.807) is 13.8 Å². The minimum absolute atomic E-state index is 0.0131. The van der Waals surface area contributed by atoms with E-state index in [0.29, 0.717) is 12.3 Å². The molecule has 3 rings (SSSR count). The van der Waals surface area contributed by atoms with E-state index in [9.17, 15) is 20.1 Å². The Bertz CT molecular complexity index is 631. The monoisotopic (exact) mass is 364 g/mol. The molecule has 0 aromatic carbocycles. The Balaban J connectivity index is 1.79. The van der Waals surface area contributed by atoms with Gasteiger partial charge in [0.1, 0.15) is 0 Å². The summed E-state index contributed by atoms with van der Waals surface area (Å²) in [5, 5.41) is 30.4. The zero-order valence-corrected chi connectivity index (χ0v) is 16.2. The van der Waals surface area contributed by atoms with Gasteiger partial charge in [0.2, 0.25) is 5.79 Å². The van der Waals surface area contributed by atoms with Crippen molar-refractivity contribution < 1.29 is 24.9 Å². The molecular weight excluding hydrogens is 332 g/mol. The molecule has 0 unspecified atom stereocenters. The Morgan fingerprint density at radius 3 is 2.65 bits per heavy atom. The Labute approximate surface area is 155 Å². The summed E-state index contributed by atoms with van der Waals surface area (Å²) < 4.78 is 5.19. The van der Waals surface area contributed by atoms with Crippen LogP contribution in [-0.2, 0) is 9.53 Å². The minimum atomic E-state index is -1.39. The van der Waals surface area contributed by atoms with Crippen LogP contribution in [0, 0.1) is 29.1 Å². The highest BCUT2D eigenvalue weighted by atomic mass is 16.7. The number of aliphatic hydroxyl groups is 3. The number of fused-ring (bicyclic) bond motifs is 3. The summed E-state index contributed by atoms with van der Waals surface area (Å²) in [7, 11) is 0. The van der Waals surface area contributed by atoms with Crippen molar-refractivity contribution in [2.24, 2.45) is 29.1 Å². The van der Waals surface area contributed by atoms with Gasteiger partial charge in [0, 0.05) is 24.0 Å². The lowest BCUT2D eigenvalue weighted by molar-refractivity contribution is -0.196. The first kappa shape index (κ1) is 19.6. The predicted octanol–water partition coefficient (Wildman–Crippen LogP) is 2.56. The lowest BCUT2D eigenvalue weighted by atomic mass is 9.60. The van der Waals surface area contributed by atoms with Gasteiger partial charge in [0.15, 0.2) is 0 Å². The standard InChI is InChI=1S/C21H32O5/c1-13(5-6-14(12-22)19(2,3)24)15-7-8-16-17-11-18(23)26-21(17,25)10-9-20(15,16)4/h5-6,11,13-16,22,24-25H,7-10,12H2,1-4H3/b6-5+/t13-,14-,15-,16+,20-,21+/m1/s1. The molecular formula is C21H32O5. The summed E-state index contributed by atoms with van der Waals surface area (Å²) in [6.45, 7) is 7.78. The molecule has 2 saturated carbocycles. The Morgan fingerprint density at radius 1 is 1.35 bits per heavy atom. The largest absolute Gasteiger partial charge is 0.426 e. The Hall–Kier alpha value is -1.17. The average molecular weight is 364 g/mol. The third-order valence-corrected chi connectivity index (χ3v) is 7.17. The van der Waals surface area contributed by atoms with Crippen LogP contribution in [0.5, 0.6) is 0 Å². The zero-order valence-electron chi connectivity index (χ0n) is 16.2. The molecule has 146 valence electrons. The molecule has 0 saturated heterocycles. The van der Waals surface area contributed by atoms with Crippen molar-refractivity contribution in [2.75, 3.05) is 6.61 Å². The number of carbonyl (C=O) groups excluding carboxylic acids is 1. The van der Waals surface area contributed by atoms with Crippen LogP contribution in [0.25, 0.3) is 0 Å². The summed E-state index contributed by atoms with van der Waals surface area (Å²) in [5.74, 6) is -1.25. The summed E-state index contributed by atoms with van der Waals surface area (Å²) in [6, 6.07) is 0. The molecule has 6 atom stereocenters. The SMILES string of the molecule is C[C@H](/C=C/[C@H](CO)C(C)(C)O)[C@H]1CC[C@H]2C3=CC(=O)O[C@@]3(O)CC[C@]12C. The number of carbonyl (C=O) groups is 1. The lowest BCUT2D eigenvalue weighted by Crippen LogP contribution is -2.46. The van der Waals surface area contributed by atoms with Crippen LogP contribution in [0.2, 0.25) is 0 Å². The van der Waals surface area contributed by atoms with Crippen LogP contribution in [-0.4, -0.2) is 39.3 Å². The molecule has 26 heavy (non-hydrogen) atoms. The van der Waals surface area contributed by atoms with E-state index in [4.69, 9.17) is 4.74 Å². The normalized spacial score (nSPS) is 39.3. The first-order valence-corrected chi connectivity index (χ1v) is 9.70. The molecule has 2 fully saturated rings. The third-order valence-electron chi connectivity index (χ3n) is 7.17. The van der Waals surface area contributed by atoms with Gasteiger partial charge >= 0.3 is 5.97 Å². The quantitative estimate of drug-likeness (QED) is 0.515. The van der Waals surface area contributed by atoms with Gasteiger partial charge in [0.05, 0.1) is 12.2 Å². The van der Waals surface area contributed by atoms with Crippen molar-refractivity contribution in [1.82, 2.24) is 0 Å². The summed E-state index contributed by atoms with van der Waals surface area (Å²) >= 11 is 0. The zero-order chi connectivity index (χ0) is 19.3. The summed E-state index contributed by atoms with van der Waals surface area (Å²) in [4.78, 5) is 11.7. The smallest absolute Gasteiger partial charge is 0.333 e. The number of ether oxygens (including phenoxy) is 1. The molecule has 0 bridgehead atoms. The van der Waals surface area contributed by atoms with Crippen LogP contribution < -0.4 is 0 Å². The van der Waals surface area contributed by atoms with Crippen molar-refractivity contribution >= 4 is 5.97 Å². The minimum Gasteiger partial charge on any atom is -0.426 e. The fourth-order valence-electron chi connectivity index (χ4n) is 5.46. The number of esters is 1. The molecule has 5 nitrogen and oxygen atoms in total. The second-order valence-corrected chi connectivity index (χ2v) is 9.23. The topological polar surface area (TPSA) is 87.0 Å². The first-order valence-electron chi connectivity index (χ1n) is 9.70. The second kappa shape index (κ2) is 6.47. The number of hydrogen-bond donors (Lipinski definition) is 3. The molecule has 0 aromatic heterocycles. The van der Waals surface area contributed by atoms with Gasteiger partial charge < -0.3 is 20.1 Å². The van der Waals surface area contributed by atoms with Gasteiger partial charge in [-0.05, 0) is 56.3 Å². The van der Waals surface area contributed by atoms with Crippen LogP contribution in [0.3, 0.4) is 0 Å². The van der Waals surface area contributed by atoms with Gasteiger partial charge in [-0.15, -0.1) is 0 Å². The summed E-state index contributed by atoms with van der Waals surface area (Å²) in [5.41, 5.74) is -0.181. The molecule has 3 N–H and O–H groups in total. The van der Waals surface area contributed by atoms with Crippen LogP contribution in [0.1, 0.15) is 53.4 Å². The van der Waals surface area contributed by atoms with E-state index in [2.05, 4.69) is 19.9 Å². The van der Waals surface area contributed by atoms with Gasteiger partial charge in [-0.2, -0.15) is 0 Å². The molecule has 0 radical (unpaired) electrons. The number of rotatable bonds is 5. The molecule has 1 aliphatic heterocycles. The number of allylic oxidation sites excluding steroid dienone is 1. The molecule has 1 heterocycles. The van der Waals surface area contributed by atoms with Gasteiger partial charge in [-0.1, -0.05) is 26.0 Å². The maximum absolute atomic E-state index is 11.7. The maximum atomic E-state index is 11.7. The van der Waals surface area contributed by atoms with Gasteiger partial charge in [-0.3, -0.25) is 0 Å². The fourth-order valence-corrected chi connectivity index (χ4v) is 5.46. The summed E-state index contributed by atoms with van der Waals surface area (Å²) in [6.07, 6.45) is 8.79. The maximum Gasteiger partial charge on any atom is 0.333 e. The fraction of sp³-hybridized carbons (Fsp3) is 0.762. The lowest BCUT2D eigenvalue weighted by Gasteiger charge is -2.47. The van der Waals surface area contributed by atoms with Crippen LogP contribution >= 0.6 is 0 Å². The molecule has 3 aliphatic rings. The van der Waals surface area contributed by atoms with Crippen molar-refractivity contribution in [3.8, 4) is 0 Å². The molecule has 0 aromatic rings. The van der Waals surface area contributed by atoms with Crippen molar-refractivity contribution in [3.63, 3.8) is 0 Å². The highest BCUT2D eigenvalue weighted by Gasteiger charge is 2.59. The van der Waals surface area contributed by atoms with Crippen LogP contribution in [0.4, 0.5) is 0 Å². The van der Waals surface area contributed by atoms with E-state index >= 15 is 0 Å². The van der Waals surface area contributed by atoms with Crippen molar-refractivity contribution in [3.05, 3.63) is 23.8 Å². The van der Waals surface area contributed by atoms with E-state index in [1.165, 1.54) is 6.08 Å². The van der Waals surface area contributed by atoms with E-state index < -0.39 is 17.4 Å². The highest BCUT2D eigenvalue weighted by Crippen LogP contribution is 2.62. The predicted molar refractivity (Wildman–Crippen MR) is 97.9 cm³/mol. The molecule has 0 spiro atoms. The second-order valence-electron chi connectivity index (χ2n) is 9.23. The van der Waals surface area contributed by atoms with Crippen LogP contribution in [0.15, 0.2) is 23.8 Å². The number of hydrogen-bond acceptors (Lipinski definition) is 5. The van der Waals surface area contributed by atoms with E-state index in [-0.39, 0.29) is 29.8 Å². The average Bonchev–Trinajstić information content (AvgIpc) is 3.02. The van der Waals surface area contributed by atoms with Crippen molar-refractivity contribution in [2.45, 2.75) is 64.8 Å². The van der Waals surface area contributed by atoms with Crippen molar-refractivity contribution in [1.29, 1.82) is 0 Å². The first-order chi connectivity index (χ1) is 12.0. The highest BCUT2D eigenvalue weighted by molar-refractivity contribution is 5.86. The molecule has 0 amide bonds. The van der Waals surface area contributed by atoms with E-state index in [1.807, 2.05) is 6.08 Å². The third kappa shape index (κ3) is 3.14. The molecule has 2 aliphatic carbocycles. The Morgan fingerprint density at radius 2 is 2.04 bits per heavy atom. The number of aliphatic hydroxyl groups excluding tert-OH is 1. The molecule has 5 heteroatoms. The Kier molecular flexibility index (Phi) is 4.87. The van der Waals surface area contributed by atoms with Gasteiger partial charge in [0.25, 0.3) is 0 Å². The van der Waals surface area contributed by atoms with Gasteiger partial charge in [-0.25, -0.2) is 4.79 Å².